The molecule has 0 saturated heterocycles. The van der Waals surface area contributed by atoms with Crippen molar-refractivity contribution in [1.29, 1.82) is 0 Å². The molecular weight excluding hydrogens is 288 g/mol. The molecule has 3 rings (SSSR count). The van der Waals surface area contributed by atoms with E-state index in [4.69, 9.17) is 4.98 Å². The van der Waals surface area contributed by atoms with Gasteiger partial charge in [-0.2, -0.15) is 0 Å². The lowest BCUT2D eigenvalue weighted by Crippen LogP contribution is -2.16. The van der Waals surface area contributed by atoms with Crippen LogP contribution in [0.5, 0.6) is 0 Å². The van der Waals surface area contributed by atoms with Crippen LogP contribution in [0.25, 0.3) is 11.3 Å². The molecule has 0 atom stereocenters. The van der Waals surface area contributed by atoms with E-state index in [-0.39, 0.29) is 0 Å². The number of aryl methyl sites for hydroxylation is 1. The van der Waals surface area contributed by atoms with Gasteiger partial charge in [0.1, 0.15) is 0 Å². The molecule has 3 aromatic rings. The van der Waals surface area contributed by atoms with Gasteiger partial charge in [-0.1, -0.05) is 60.2 Å². The Morgan fingerprint density at radius 3 is 2.55 bits per heavy atom. The standard InChI is InChI=1S/C19H20N2S/c1-15-7-9-17(10-8-15)18-14-22-19(21-18)11-12-20-13-16-5-3-2-4-6-16/h2-10,14,20H,11-13H2,1H3. The minimum Gasteiger partial charge on any atom is -0.312 e. The van der Waals surface area contributed by atoms with Gasteiger partial charge >= 0.3 is 0 Å². The Morgan fingerprint density at radius 2 is 1.77 bits per heavy atom. The molecule has 0 bridgehead atoms. The molecule has 0 aliphatic rings. The first-order chi connectivity index (χ1) is 10.8. The van der Waals surface area contributed by atoms with E-state index in [2.05, 4.69) is 66.2 Å². The number of rotatable bonds is 6. The number of thiazole rings is 1. The highest BCUT2D eigenvalue weighted by Crippen LogP contribution is 2.22. The second-order valence-corrected chi connectivity index (χ2v) is 6.35. The van der Waals surface area contributed by atoms with Crippen LogP contribution in [0.3, 0.4) is 0 Å². The third-order valence-corrected chi connectivity index (χ3v) is 4.50. The number of benzene rings is 2. The highest BCUT2D eigenvalue weighted by Gasteiger charge is 2.04. The Kier molecular flexibility index (Phi) is 4.99. The summed E-state index contributed by atoms with van der Waals surface area (Å²) in [5.41, 5.74) is 4.89. The quantitative estimate of drug-likeness (QED) is 0.680. The molecule has 1 N–H and O–H groups in total. The second-order valence-electron chi connectivity index (χ2n) is 5.40. The van der Waals surface area contributed by atoms with Crippen LogP contribution in [0, 0.1) is 6.92 Å². The summed E-state index contributed by atoms with van der Waals surface area (Å²) in [6, 6.07) is 19.0. The molecular formula is C19H20N2S. The molecule has 0 aliphatic carbocycles. The predicted molar refractivity (Wildman–Crippen MR) is 94.1 cm³/mol. The summed E-state index contributed by atoms with van der Waals surface area (Å²) in [4.78, 5) is 4.73. The molecule has 0 spiro atoms. The summed E-state index contributed by atoms with van der Waals surface area (Å²) < 4.78 is 0. The third kappa shape index (κ3) is 4.03. The van der Waals surface area contributed by atoms with Crippen LogP contribution in [0.4, 0.5) is 0 Å². The fourth-order valence-electron chi connectivity index (χ4n) is 2.31. The molecule has 0 aliphatic heterocycles. The Balaban J connectivity index is 1.50. The Hall–Kier alpha value is -1.97. The molecule has 0 fully saturated rings. The summed E-state index contributed by atoms with van der Waals surface area (Å²) in [6.07, 6.45) is 0.976. The maximum absolute atomic E-state index is 4.73. The first-order valence-corrected chi connectivity index (χ1v) is 8.45. The van der Waals surface area contributed by atoms with E-state index >= 15 is 0 Å². The monoisotopic (exact) mass is 308 g/mol. The smallest absolute Gasteiger partial charge is 0.0945 e. The molecule has 1 aromatic heterocycles. The summed E-state index contributed by atoms with van der Waals surface area (Å²) >= 11 is 1.74. The van der Waals surface area contributed by atoms with Gasteiger partial charge in [0.2, 0.25) is 0 Å². The van der Waals surface area contributed by atoms with Gasteiger partial charge in [-0.25, -0.2) is 4.98 Å². The maximum atomic E-state index is 4.73. The predicted octanol–water partition coefficient (Wildman–Crippen LogP) is 4.45. The van der Waals surface area contributed by atoms with E-state index in [1.165, 1.54) is 21.7 Å². The number of hydrogen-bond acceptors (Lipinski definition) is 3. The van der Waals surface area contributed by atoms with E-state index in [0.29, 0.717) is 0 Å². The summed E-state index contributed by atoms with van der Waals surface area (Å²) in [6.45, 7) is 3.97. The normalized spacial score (nSPS) is 10.8. The van der Waals surface area contributed by atoms with Crippen molar-refractivity contribution in [2.24, 2.45) is 0 Å². The van der Waals surface area contributed by atoms with Crippen LogP contribution in [-0.4, -0.2) is 11.5 Å². The lowest BCUT2D eigenvalue weighted by atomic mass is 10.1. The Labute approximate surface area is 135 Å². The first kappa shape index (κ1) is 14.9. The first-order valence-electron chi connectivity index (χ1n) is 7.57. The van der Waals surface area contributed by atoms with Gasteiger partial charge < -0.3 is 5.32 Å². The maximum Gasteiger partial charge on any atom is 0.0945 e. The van der Waals surface area contributed by atoms with E-state index in [1.54, 1.807) is 11.3 Å². The number of aromatic nitrogens is 1. The zero-order valence-corrected chi connectivity index (χ0v) is 13.6. The van der Waals surface area contributed by atoms with Crippen molar-refractivity contribution in [3.05, 3.63) is 76.1 Å². The van der Waals surface area contributed by atoms with E-state index in [1.807, 2.05) is 6.07 Å². The van der Waals surface area contributed by atoms with Crippen LogP contribution in [-0.2, 0) is 13.0 Å². The largest absolute Gasteiger partial charge is 0.312 e. The minimum absolute atomic E-state index is 0.914. The average Bonchev–Trinajstić information content (AvgIpc) is 3.02. The lowest BCUT2D eigenvalue weighted by molar-refractivity contribution is 0.685. The summed E-state index contributed by atoms with van der Waals surface area (Å²) in [5.74, 6) is 0. The Bertz CT molecular complexity index is 702. The van der Waals surface area contributed by atoms with Crippen molar-refractivity contribution in [1.82, 2.24) is 10.3 Å². The minimum atomic E-state index is 0.914. The van der Waals surface area contributed by atoms with Crippen molar-refractivity contribution in [3.8, 4) is 11.3 Å². The number of nitrogens with zero attached hydrogens (tertiary/aromatic N) is 1. The van der Waals surface area contributed by atoms with Gasteiger partial charge in [-0.15, -0.1) is 11.3 Å². The third-order valence-electron chi connectivity index (χ3n) is 3.59. The fraction of sp³-hybridized carbons (Fsp3) is 0.211. The Morgan fingerprint density at radius 1 is 1.00 bits per heavy atom. The average molecular weight is 308 g/mol. The van der Waals surface area contributed by atoms with E-state index in [0.717, 1.165) is 25.2 Å². The van der Waals surface area contributed by atoms with Crippen molar-refractivity contribution < 1.29 is 0 Å². The van der Waals surface area contributed by atoms with Crippen LogP contribution in [0.2, 0.25) is 0 Å². The highest BCUT2D eigenvalue weighted by molar-refractivity contribution is 7.09. The zero-order valence-electron chi connectivity index (χ0n) is 12.8. The zero-order chi connectivity index (χ0) is 15.2. The van der Waals surface area contributed by atoms with Crippen molar-refractivity contribution in [2.45, 2.75) is 19.9 Å². The van der Waals surface area contributed by atoms with Crippen LogP contribution >= 0.6 is 11.3 Å². The summed E-state index contributed by atoms with van der Waals surface area (Å²) in [5, 5.41) is 6.81. The van der Waals surface area contributed by atoms with Gasteiger partial charge in [0.05, 0.1) is 10.7 Å². The van der Waals surface area contributed by atoms with Crippen LogP contribution in [0.15, 0.2) is 60.0 Å². The van der Waals surface area contributed by atoms with Gasteiger partial charge in [0.15, 0.2) is 0 Å². The molecule has 1 heterocycles. The van der Waals surface area contributed by atoms with Gasteiger partial charge in [-0.05, 0) is 12.5 Å². The van der Waals surface area contributed by atoms with Gasteiger partial charge in [0, 0.05) is 30.5 Å². The summed E-state index contributed by atoms with van der Waals surface area (Å²) in [7, 11) is 0. The molecule has 0 radical (unpaired) electrons. The van der Waals surface area contributed by atoms with Crippen molar-refractivity contribution in [2.75, 3.05) is 6.54 Å². The van der Waals surface area contributed by atoms with Crippen LogP contribution in [0.1, 0.15) is 16.1 Å². The fourth-order valence-corrected chi connectivity index (χ4v) is 3.11. The molecule has 3 heteroatoms. The molecule has 0 amide bonds. The SMILES string of the molecule is Cc1ccc(-c2csc(CCNCc3ccccc3)n2)cc1. The van der Waals surface area contributed by atoms with E-state index < -0.39 is 0 Å². The number of hydrogen-bond donors (Lipinski definition) is 1. The highest BCUT2D eigenvalue weighted by atomic mass is 32.1. The molecule has 0 saturated carbocycles. The van der Waals surface area contributed by atoms with Gasteiger partial charge in [-0.3, -0.25) is 0 Å². The second kappa shape index (κ2) is 7.34. The molecule has 2 aromatic carbocycles. The molecule has 112 valence electrons. The van der Waals surface area contributed by atoms with Crippen molar-refractivity contribution in [3.63, 3.8) is 0 Å². The molecule has 0 unspecified atom stereocenters. The van der Waals surface area contributed by atoms with Gasteiger partial charge in [0.25, 0.3) is 0 Å². The molecule has 2 nitrogen and oxygen atoms in total. The van der Waals surface area contributed by atoms with E-state index in [9.17, 15) is 0 Å². The topological polar surface area (TPSA) is 24.9 Å². The van der Waals surface area contributed by atoms with Crippen LogP contribution < -0.4 is 5.32 Å². The van der Waals surface area contributed by atoms with Crippen molar-refractivity contribution >= 4 is 11.3 Å². The molecule has 22 heavy (non-hydrogen) atoms. The number of nitrogens with one attached hydrogen (secondary N) is 1. The lowest BCUT2D eigenvalue weighted by Gasteiger charge is -2.03.